The number of anilines is 1. The van der Waals surface area contributed by atoms with Crippen molar-refractivity contribution in [3.8, 4) is 5.75 Å². The lowest BCUT2D eigenvalue weighted by Crippen LogP contribution is -2.20. The van der Waals surface area contributed by atoms with Crippen LogP contribution in [0.1, 0.15) is 32.1 Å². The molecule has 0 aliphatic rings. The Morgan fingerprint density at radius 3 is 2.52 bits per heavy atom. The van der Waals surface area contributed by atoms with Crippen LogP contribution in [0.15, 0.2) is 18.2 Å². The number of benzene rings is 1. The van der Waals surface area contributed by atoms with Crippen LogP contribution in [0, 0.1) is 5.82 Å². The number of amides is 1. The molecule has 1 aromatic carbocycles. The minimum Gasteiger partial charge on any atom is -0.482 e. The first-order valence-corrected chi connectivity index (χ1v) is 7.31. The van der Waals surface area contributed by atoms with Gasteiger partial charge in [0.1, 0.15) is 11.6 Å². The van der Waals surface area contributed by atoms with Crippen LogP contribution < -0.4 is 15.8 Å². The summed E-state index contributed by atoms with van der Waals surface area (Å²) >= 11 is 0. The first kappa shape index (κ1) is 19.2. The van der Waals surface area contributed by atoms with Crippen molar-refractivity contribution < 1.29 is 27.1 Å². The maximum absolute atomic E-state index is 13.1. The third kappa shape index (κ3) is 8.39. The molecule has 0 aliphatic heterocycles. The second-order valence-electron chi connectivity index (χ2n) is 5.05. The highest BCUT2D eigenvalue weighted by molar-refractivity contribution is 5.92. The molecule has 130 valence electrons. The van der Waals surface area contributed by atoms with Crippen molar-refractivity contribution >= 4 is 11.6 Å². The van der Waals surface area contributed by atoms with Crippen LogP contribution in [0.5, 0.6) is 5.75 Å². The van der Waals surface area contributed by atoms with Crippen LogP contribution in [0.4, 0.5) is 23.2 Å². The summed E-state index contributed by atoms with van der Waals surface area (Å²) in [5, 5.41) is 2.44. The average Bonchev–Trinajstić information content (AvgIpc) is 2.46. The van der Waals surface area contributed by atoms with Crippen LogP contribution in [0.25, 0.3) is 0 Å². The van der Waals surface area contributed by atoms with Crippen LogP contribution in [0.3, 0.4) is 0 Å². The Bertz CT molecular complexity index is 507. The molecule has 1 amide bonds. The highest BCUT2D eigenvalue weighted by atomic mass is 19.4. The zero-order chi connectivity index (χ0) is 17.3. The Hall–Kier alpha value is -1.83. The zero-order valence-corrected chi connectivity index (χ0v) is 12.6. The molecule has 0 bridgehead atoms. The number of carbonyl (C=O) groups is 1. The lowest BCUT2D eigenvalue weighted by atomic mass is 10.1. The minimum atomic E-state index is -4.55. The molecule has 0 aromatic heterocycles. The lowest BCUT2D eigenvalue weighted by molar-refractivity contribution is -0.153. The molecule has 0 aliphatic carbocycles. The Labute approximate surface area is 132 Å². The van der Waals surface area contributed by atoms with Gasteiger partial charge in [0.2, 0.25) is 5.91 Å². The smallest absolute Gasteiger partial charge is 0.422 e. The van der Waals surface area contributed by atoms with E-state index in [0.29, 0.717) is 13.0 Å². The van der Waals surface area contributed by atoms with E-state index in [4.69, 9.17) is 5.73 Å². The maximum Gasteiger partial charge on any atom is 0.422 e. The van der Waals surface area contributed by atoms with E-state index in [-0.39, 0.29) is 23.8 Å². The topological polar surface area (TPSA) is 64.4 Å². The van der Waals surface area contributed by atoms with E-state index in [1.807, 2.05) is 0 Å². The molecule has 0 heterocycles. The van der Waals surface area contributed by atoms with Crippen LogP contribution in [-0.4, -0.2) is 25.2 Å². The minimum absolute atomic E-state index is 0.0163. The first-order chi connectivity index (χ1) is 10.8. The summed E-state index contributed by atoms with van der Waals surface area (Å²) < 4.78 is 54.3. The number of carbonyl (C=O) groups excluding carboxylic acids is 1. The lowest BCUT2D eigenvalue weighted by Gasteiger charge is -2.14. The molecule has 1 rings (SSSR count). The number of nitrogens with one attached hydrogen (secondary N) is 1. The van der Waals surface area contributed by atoms with Crippen molar-refractivity contribution in [3.63, 3.8) is 0 Å². The highest BCUT2D eigenvalue weighted by Gasteiger charge is 2.29. The van der Waals surface area contributed by atoms with Gasteiger partial charge < -0.3 is 15.8 Å². The van der Waals surface area contributed by atoms with Crippen molar-refractivity contribution in [3.05, 3.63) is 24.0 Å². The molecular weight excluding hydrogens is 316 g/mol. The van der Waals surface area contributed by atoms with Gasteiger partial charge in [0.25, 0.3) is 0 Å². The zero-order valence-electron chi connectivity index (χ0n) is 12.6. The van der Waals surface area contributed by atoms with Crippen LogP contribution in [-0.2, 0) is 4.79 Å². The van der Waals surface area contributed by atoms with Gasteiger partial charge in [-0.2, -0.15) is 13.2 Å². The van der Waals surface area contributed by atoms with Gasteiger partial charge in [-0.3, -0.25) is 4.79 Å². The van der Waals surface area contributed by atoms with Gasteiger partial charge in [-0.05, 0) is 31.5 Å². The monoisotopic (exact) mass is 336 g/mol. The van der Waals surface area contributed by atoms with Gasteiger partial charge in [0.15, 0.2) is 6.61 Å². The number of rotatable bonds is 9. The van der Waals surface area contributed by atoms with Crippen LogP contribution >= 0.6 is 0 Å². The van der Waals surface area contributed by atoms with Gasteiger partial charge in [0.05, 0.1) is 5.69 Å². The molecule has 0 saturated heterocycles. The van der Waals surface area contributed by atoms with Crippen molar-refractivity contribution in [1.29, 1.82) is 0 Å². The third-order valence-electron chi connectivity index (χ3n) is 2.97. The number of alkyl halides is 3. The average molecular weight is 336 g/mol. The summed E-state index contributed by atoms with van der Waals surface area (Å²) in [6.45, 7) is -0.958. The number of ether oxygens (including phenoxy) is 1. The summed E-state index contributed by atoms with van der Waals surface area (Å²) in [7, 11) is 0. The fourth-order valence-electron chi connectivity index (χ4n) is 1.87. The highest BCUT2D eigenvalue weighted by Crippen LogP contribution is 2.28. The summed E-state index contributed by atoms with van der Waals surface area (Å²) in [5.41, 5.74) is 5.37. The maximum atomic E-state index is 13.1. The molecule has 1 aromatic rings. The SMILES string of the molecule is NCCCCCCC(=O)Nc1ccc(F)cc1OCC(F)(F)F. The summed E-state index contributed by atoms with van der Waals surface area (Å²) in [6, 6.07) is 3.02. The molecule has 3 N–H and O–H groups in total. The van der Waals surface area contributed by atoms with Crippen molar-refractivity contribution in [2.24, 2.45) is 5.73 Å². The second-order valence-corrected chi connectivity index (χ2v) is 5.05. The first-order valence-electron chi connectivity index (χ1n) is 7.31. The molecule has 23 heavy (non-hydrogen) atoms. The molecular formula is C15H20F4N2O2. The predicted molar refractivity (Wildman–Crippen MR) is 78.7 cm³/mol. The van der Waals surface area contributed by atoms with Crippen molar-refractivity contribution in [1.82, 2.24) is 0 Å². The number of hydrogen-bond donors (Lipinski definition) is 2. The van der Waals surface area contributed by atoms with E-state index in [9.17, 15) is 22.4 Å². The molecule has 0 saturated carbocycles. The quantitative estimate of drug-likeness (QED) is 0.535. The number of nitrogens with two attached hydrogens (primary N) is 1. The molecule has 4 nitrogen and oxygen atoms in total. The Balaban J connectivity index is 2.56. The van der Waals surface area contributed by atoms with Gasteiger partial charge >= 0.3 is 6.18 Å². The molecule has 0 fully saturated rings. The summed E-state index contributed by atoms with van der Waals surface area (Å²) in [6.07, 6.45) is -1.04. The fourth-order valence-corrected chi connectivity index (χ4v) is 1.87. The largest absolute Gasteiger partial charge is 0.482 e. The van der Waals surface area contributed by atoms with E-state index >= 15 is 0 Å². The van der Waals surface area contributed by atoms with Crippen molar-refractivity contribution in [2.75, 3.05) is 18.5 Å². The number of unbranched alkanes of at least 4 members (excludes halogenated alkanes) is 3. The van der Waals surface area contributed by atoms with E-state index in [0.717, 1.165) is 31.4 Å². The van der Waals surface area contributed by atoms with E-state index < -0.39 is 18.6 Å². The standard InChI is InChI=1S/C15H20F4N2O2/c16-11-6-7-12(13(9-11)23-10-15(17,18)19)21-14(22)5-3-1-2-4-8-20/h6-7,9H,1-5,8,10,20H2,(H,21,22). The fraction of sp³-hybridized carbons (Fsp3) is 0.533. The van der Waals surface area contributed by atoms with E-state index in [2.05, 4.69) is 10.1 Å². The molecule has 0 radical (unpaired) electrons. The van der Waals surface area contributed by atoms with Crippen LogP contribution in [0.2, 0.25) is 0 Å². The third-order valence-corrected chi connectivity index (χ3v) is 2.97. The van der Waals surface area contributed by atoms with Gasteiger partial charge in [-0.15, -0.1) is 0 Å². The second kappa shape index (κ2) is 9.34. The molecule has 8 heteroatoms. The summed E-state index contributed by atoms with van der Waals surface area (Å²) in [5.74, 6) is -1.46. The Morgan fingerprint density at radius 1 is 1.17 bits per heavy atom. The molecule has 0 atom stereocenters. The van der Waals surface area contributed by atoms with Crippen molar-refractivity contribution in [2.45, 2.75) is 38.3 Å². The van der Waals surface area contributed by atoms with Gasteiger partial charge in [0, 0.05) is 12.5 Å². The van der Waals surface area contributed by atoms with E-state index in [1.165, 1.54) is 6.07 Å². The number of halogens is 4. The molecule has 0 unspecified atom stereocenters. The van der Waals surface area contributed by atoms with Gasteiger partial charge in [-0.1, -0.05) is 12.8 Å². The van der Waals surface area contributed by atoms with E-state index in [1.54, 1.807) is 0 Å². The molecule has 0 spiro atoms. The summed E-state index contributed by atoms with van der Waals surface area (Å²) in [4.78, 5) is 11.8. The predicted octanol–water partition coefficient (Wildman–Crippen LogP) is 3.61. The van der Waals surface area contributed by atoms with Gasteiger partial charge in [-0.25, -0.2) is 4.39 Å². The number of hydrogen-bond acceptors (Lipinski definition) is 3. The Kier molecular flexibility index (Phi) is 7.80. The normalized spacial score (nSPS) is 11.3. The Morgan fingerprint density at radius 2 is 1.87 bits per heavy atom.